The van der Waals surface area contributed by atoms with Crippen molar-refractivity contribution in [1.29, 1.82) is 0 Å². The molecule has 2 heterocycles. The molecule has 27 heavy (non-hydrogen) atoms. The molecule has 2 fully saturated rings. The zero-order chi connectivity index (χ0) is 18.3. The lowest BCUT2D eigenvalue weighted by Crippen LogP contribution is -2.31. The zero-order valence-electron chi connectivity index (χ0n) is 16.3. The molecule has 2 N–H and O–H groups in total. The van der Waals surface area contributed by atoms with Gasteiger partial charge in [-0.1, -0.05) is 31.5 Å². The average molecular weight is 389 g/mol. The third-order valence-corrected chi connectivity index (χ3v) is 5.96. The van der Waals surface area contributed by atoms with E-state index in [1.54, 1.807) is 0 Å². The number of hydrogen-bond acceptors (Lipinski definition) is 3. The van der Waals surface area contributed by atoms with Crippen molar-refractivity contribution in [3.05, 3.63) is 41.6 Å². The summed E-state index contributed by atoms with van der Waals surface area (Å²) in [5.41, 5.74) is 3.42. The van der Waals surface area contributed by atoms with Crippen molar-refractivity contribution in [2.45, 2.75) is 46.0 Å². The smallest absolute Gasteiger partial charge is 0.229 e. The van der Waals surface area contributed by atoms with Crippen LogP contribution in [0.3, 0.4) is 0 Å². The van der Waals surface area contributed by atoms with E-state index in [2.05, 4.69) is 43.5 Å². The highest BCUT2D eigenvalue weighted by Crippen LogP contribution is 2.58. The molecule has 1 aromatic carbocycles. The van der Waals surface area contributed by atoms with Crippen molar-refractivity contribution >= 4 is 24.1 Å². The summed E-state index contributed by atoms with van der Waals surface area (Å²) in [6, 6.07) is 10.3. The molecule has 1 amide bonds. The standard InChI is InChI=1S/C21H28N4O.ClH/c1-14(2)18-12-19(25(24-18)16-6-4-15(3)5-7-16)23-20(26)17-13-21(17)8-10-22-11-9-21;/h4-7,12,14,17,22H,8-11,13H2,1-3H3,(H,23,26);1H. The summed E-state index contributed by atoms with van der Waals surface area (Å²) in [5.74, 6) is 1.39. The Balaban J connectivity index is 0.00000210. The second kappa shape index (κ2) is 7.64. The molecular formula is C21H29ClN4O. The van der Waals surface area contributed by atoms with Gasteiger partial charge in [0, 0.05) is 12.0 Å². The molecule has 6 heteroatoms. The molecule has 1 saturated heterocycles. The Labute approximate surface area is 167 Å². The fourth-order valence-corrected chi connectivity index (χ4v) is 4.06. The maximum absolute atomic E-state index is 12.9. The molecule has 0 radical (unpaired) electrons. The van der Waals surface area contributed by atoms with Gasteiger partial charge in [0.05, 0.1) is 11.4 Å². The summed E-state index contributed by atoms with van der Waals surface area (Å²) in [4.78, 5) is 12.9. The van der Waals surface area contributed by atoms with Crippen LogP contribution < -0.4 is 10.6 Å². The van der Waals surface area contributed by atoms with E-state index in [9.17, 15) is 4.79 Å². The number of rotatable bonds is 4. The first-order valence-corrected chi connectivity index (χ1v) is 9.67. The lowest BCUT2D eigenvalue weighted by atomic mass is 9.92. The number of carbonyl (C=O) groups excluding carboxylic acids is 1. The van der Waals surface area contributed by atoms with Crippen LogP contribution in [0.25, 0.3) is 5.69 Å². The molecule has 1 unspecified atom stereocenters. The second-order valence-corrected chi connectivity index (χ2v) is 8.21. The number of amides is 1. The minimum atomic E-state index is 0. The average Bonchev–Trinajstić information content (AvgIpc) is 3.14. The van der Waals surface area contributed by atoms with E-state index in [1.165, 1.54) is 5.56 Å². The number of aryl methyl sites for hydroxylation is 1. The van der Waals surface area contributed by atoms with Gasteiger partial charge in [-0.25, -0.2) is 4.68 Å². The number of nitrogens with one attached hydrogen (secondary N) is 2. The Kier molecular flexibility index (Phi) is 5.63. The number of benzene rings is 1. The van der Waals surface area contributed by atoms with Crippen LogP contribution in [0, 0.1) is 18.3 Å². The Bertz CT molecular complexity index is 806. The van der Waals surface area contributed by atoms with Crippen LogP contribution in [-0.2, 0) is 4.79 Å². The van der Waals surface area contributed by atoms with E-state index in [1.807, 2.05) is 22.9 Å². The number of halogens is 1. The number of nitrogens with zero attached hydrogens (tertiary/aromatic N) is 2. The van der Waals surface area contributed by atoms with Crippen LogP contribution >= 0.6 is 12.4 Å². The van der Waals surface area contributed by atoms with Crippen molar-refractivity contribution < 1.29 is 4.79 Å². The summed E-state index contributed by atoms with van der Waals surface area (Å²) >= 11 is 0. The molecule has 146 valence electrons. The van der Waals surface area contributed by atoms with Gasteiger partial charge in [-0.05, 0) is 62.7 Å². The molecule has 0 bridgehead atoms. The number of aromatic nitrogens is 2. The van der Waals surface area contributed by atoms with Gasteiger partial charge >= 0.3 is 0 Å². The van der Waals surface area contributed by atoms with Gasteiger partial charge < -0.3 is 10.6 Å². The van der Waals surface area contributed by atoms with E-state index in [0.717, 1.165) is 49.6 Å². The Morgan fingerprint density at radius 2 is 1.93 bits per heavy atom. The van der Waals surface area contributed by atoms with Crippen molar-refractivity contribution in [2.75, 3.05) is 18.4 Å². The van der Waals surface area contributed by atoms with Crippen LogP contribution in [0.1, 0.15) is 50.3 Å². The van der Waals surface area contributed by atoms with E-state index < -0.39 is 0 Å². The molecule has 1 saturated carbocycles. The summed E-state index contributed by atoms with van der Waals surface area (Å²) in [6.07, 6.45) is 3.25. The zero-order valence-corrected chi connectivity index (χ0v) is 17.1. The first-order valence-electron chi connectivity index (χ1n) is 9.67. The second-order valence-electron chi connectivity index (χ2n) is 8.21. The molecule has 1 aliphatic carbocycles. The highest BCUT2D eigenvalue weighted by atomic mass is 35.5. The molecule has 4 rings (SSSR count). The topological polar surface area (TPSA) is 59.0 Å². The molecule has 1 spiro atoms. The quantitative estimate of drug-likeness (QED) is 0.830. The fraction of sp³-hybridized carbons (Fsp3) is 0.524. The van der Waals surface area contributed by atoms with E-state index >= 15 is 0 Å². The van der Waals surface area contributed by atoms with Crippen LogP contribution in [0.4, 0.5) is 5.82 Å². The van der Waals surface area contributed by atoms with Crippen molar-refractivity contribution in [3.63, 3.8) is 0 Å². The Morgan fingerprint density at radius 3 is 2.56 bits per heavy atom. The minimum Gasteiger partial charge on any atom is -0.317 e. The van der Waals surface area contributed by atoms with Gasteiger partial charge in [0.15, 0.2) is 0 Å². The molecule has 2 aromatic rings. The summed E-state index contributed by atoms with van der Waals surface area (Å²) in [6.45, 7) is 8.38. The van der Waals surface area contributed by atoms with Gasteiger partial charge in [-0.15, -0.1) is 12.4 Å². The number of hydrogen-bond donors (Lipinski definition) is 2. The maximum Gasteiger partial charge on any atom is 0.229 e. The van der Waals surface area contributed by atoms with Crippen LogP contribution in [-0.4, -0.2) is 28.8 Å². The van der Waals surface area contributed by atoms with Gasteiger partial charge in [0.2, 0.25) is 5.91 Å². The van der Waals surface area contributed by atoms with E-state index in [0.29, 0.717) is 5.92 Å². The van der Waals surface area contributed by atoms with Gasteiger partial charge in [-0.3, -0.25) is 4.79 Å². The summed E-state index contributed by atoms with van der Waals surface area (Å²) in [5, 5.41) is 11.3. The highest BCUT2D eigenvalue weighted by molar-refractivity contribution is 5.94. The van der Waals surface area contributed by atoms with Crippen molar-refractivity contribution in [1.82, 2.24) is 15.1 Å². The molecular weight excluding hydrogens is 360 g/mol. The first-order chi connectivity index (χ1) is 12.5. The van der Waals surface area contributed by atoms with Gasteiger partial charge in [-0.2, -0.15) is 5.10 Å². The Hall–Kier alpha value is -1.85. The summed E-state index contributed by atoms with van der Waals surface area (Å²) in [7, 11) is 0. The minimum absolute atomic E-state index is 0. The van der Waals surface area contributed by atoms with Crippen LogP contribution in [0.15, 0.2) is 30.3 Å². The summed E-state index contributed by atoms with van der Waals surface area (Å²) < 4.78 is 1.87. The normalized spacial score (nSPS) is 20.4. The van der Waals surface area contributed by atoms with Gasteiger partial charge in [0.25, 0.3) is 0 Å². The van der Waals surface area contributed by atoms with E-state index in [4.69, 9.17) is 5.10 Å². The lowest BCUT2D eigenvalue weighted by molar-refractivity contribution is -0.118. The number of anilines is 1. The third kappa shape index (κ3) is 3.90. The van der Waals surface area contributed by atoms with E-state index in [-0.39, 0.29) is 29.6 Å². The first kappa shape index (κ1) is 19.9. The molecule has 1 aromatic heterocycles. The van der Waals surface area contributed by atoms with Crippen LogP contribution in [0.5, 0.6) is 0 Å². The fourth-order valence-electron chi connectivity index (χ4n) is 4.06. The largest absolute Gasteiger partial charge is 0.317 e. The molecule has 1 aliphatic heterocycles. The number of piperidine rings is 1. The predicted octanol–water partition coefficient (Wildman–Crippen LogP) is 4.05. The van der Waals surface area contributed by atoms with Gasteiger partial charge in [0.1, 0.15) is 5.82 Å². The molecule has 1 atom stereocenters. The predicted molar refractivity (Wildman–Crippen MR) is 111 cm³/mol. The van der Waals surface area contributed by atoms with Crippen molar-refractivity contribution in [3.8, 4) is 5.69 Å². The maximum atomic E-state index is 12.9. The highest BCUT2D eigenvalue weighted by Gasteiger charge is 2.57. The monoisotopic (exact) mass is 388 g/mol. The lowest BCUT2D eigenvalue weighted by Gasteiger charge is -2.23. The molecule has 5 nitrogen and oxygen atoms in total. The third-order valence-electron chi connectivity index (χ3n) is 5.96. The van der Waals surface area contributed by atoms with Crippen LogP contribution in [0.2, 0.25) is 0 Å². The Morgan fingerprint density at radius 1 is 1.26 bits per heavy atom. The van der Waals surface area contributed by atoms with Crippen molar-refractivity contribution in [2.24, 2.45) is 11.3 Å². The molecule has 2 aliphatic rings. The number of carbonyl (C=O) groups is 1. The SMILES string of the molecule is Cc1ccc(-n2nc(C(C)C)cc2NC(=O)C2CC23CCNCC3)cc1.Cl.